The smallest absolute Gasteiger partial charge is 0.335 e. The predicted molar refractivity (Wildman–Crippen MR) is 77.1 cm³/mol. The second-order valence-corrected chi connectivity index (χ2v) is 5.32. The molecule has 1 fully saturated rings. The third-order valence-electron chi connectivity index (χ3n) is 3.75. The van der Waals surface area contributed by atoms with Crippen molar-refractivity contribution in [3.63, 3.8) is 0 Å². The van der Waals surface area contributed by atoms with Crippen molar-refractivity contribution in [1.82, 2.24) is 5.32 Å². The first kappa shape index (κ1) is 14.4. The summed E-state index contributed by atoms with van der Waals surface area (Å²) >= 11 is 0. The van der Waals surface area contributed by atoms with Crippen LogP contribution in [-0.4, -0.2) is 23.7 Å². The lowest BCUT2D eigenvalue weighted by atomic mass is 10.1. The minimum absolute atomic E-state index is 0.222. The van der Waals surface area contributed by atoms with Crippen molar-refractivity contribution >= 4 is 17.7 Å². The van der Waals surface area contributed by atoms with Gasteiger partial charge in [-0.2, -0.15) is 0 Å². The van der Waals surface area contributed by atoms with Crippen LogP contribution in [0.4, 0.5) is 10.5 Å². The van der Waals surface area contributed by atoms with Gasteiger partial charge in [0.25, 0.3) is 0 Å². The lowest BCUT2D eigenvalue weighted by Crippen LogP contribution is -2.32. The van der Waals surface area contributed by atoms with Crippen molar-refractivity contribution in [1.29, 1.82) is 0 Å². The van der Waals surface area contributed by atoms with Gasteiger partial charge in [-0.3, -0.25) is 0 Å². The number of carbonyl (C=O) groups excluding carboxylic acids is 1. The number of nitrogens with one attached hydrogen (secondary N) is 2. The summed E-state index contributed by atoms with van der Waals surface area (Å²) in [6.45, 7) is 2.48. The van der Waals surface area contributed by atoms with E-state index in [4.69, 9.17) is 5.11 Å². The van der Waals surface area contributed by atoms with E-state index in [0.717, 1.165) is 5.56 Å². The van der Waals surface area contributed by atoms with E-state index in [1.807, 2.05) is 0 Å². The summed E-state index contributed by atoms with van der Waals surface area (Å²) in [6, 6.07) is 4.42. The van der Waals surface area contributed by atoms with E-state index in [1.54, 1.807) is 19.1 Å². The van der Waals surface area contributed by atoms with E-state index < -0.39 is 5.97 Å². The van der Waals surface area contributed by atoms with Crippen LogP contribution >= 0.6 is 0 Å². The fraction of sp³-hybridized carbons (Fsp3) is 0.467. The molecule has 5 heteroatoms. The Morgan fingerprint density at radius 2 is 2.00 bits per heavy atom. The molecule has 0 aromatic heterocycles. The molecule has 2 rings (SSSR count). The molecule has 0 atom stereocenters. The molecule has 1 aliphatic rings. The normalized spacial score (nSPS) is 15.1. The molecule has 1 aliphatic carbocycles. The van der Waals surface area contributed by atoms with Crippen molar-refractivity contribution in [2.75, 3.05) is 11.9 Å². The molecule has 1 saturated carbocycles. The minimum atomic E-state index is -0.967. The van der Waals surface area contributed by atoms with Gasteiger partial charge in [0.05, 0.1) is 5.56 Å². The molecule has 0 unspecified atom stereocenters. The lowest BCUT2D eigenvalue weighted by molar-refractivity contribution is 0.0697. The Morgan fingerprint density at radius 3 is 2.60 bits per heavy atom. The zero-order chi connectivity index (χ0) is 14.5. The van der Waals surface area contributed by atoms with Crippen LogP contribution in [0.5, 0.6) is 0 Å². The van der Waals surface area contributed by atoms with Gasteiger partial charge >= 0.3 is 12.0 Å². The van der Waals surface area contributed by atoms with Gasteiger partial charge in [-0.15, -0.1) is 0 Å². The van der Waals surface area contributed by atoms with Gasteiger partial charge in [-0.25, -0.2) is 9.59 Å². The maximum atomic E-state index is 11.8. The van der Waals surface area contributed by atoms with Crippen molar-refractivity contribution in [3.05, 3.63) is 29.3 Å². The topological polar surface area (TPSA) is 78.4 Å². The molecule has 1 aromatic rings. The first-order valence-corrected chi connectivity index (χ1v) is 6.95. The number of urea groups is 1. The quantitative estimate of drug-likeness (QED) is 0.791. The molecule has 0 spiro atoms. The van der Waals surface area contributed by atoms with Crippen LogP contribution in [-0.2, 0) is 0 Å². The van der Waals surface area contributed by atoms with Crippen molar-refractivity contribution in [2.45, 2.75) is 32.6 Å². The minimum Gasteiger partial charge on any atom is -0.478 e. The standard InChI is InChI=1S/C15H20N2O3/c1-10-8-12(14(18)19)6-7-13(10)17-15(20)16-9-11-4-2-3-5-11/h6-8,11H,2-5,9H2,1H3,(H,18,19)(H2,16,17,20). The maximum absolute atomic E-state index is 11.8. The number of benzene rings is 1. The number of amides is 2. The van der Waals surface area contributed by atoms with Crippen LogP contribution in [0, 0.1) is 12.8 Å². The molecule has 3 N–H and O–H groups in total. The number of hydrogen-bond donors (Lipinski definition) is 3. The van der Waals surface area contributed by atoms with Crippen molar-refractivity contribution in [2.24, 2.45) is 5.92 Å². The molecule has 1 aromatic carbocycles. The molecule has 0 heterocycles. The first-order chi connectivity index (χ1) is 9.56. The fourth-order valence-corrected chi connectivity index (χ4v) is 2.55. The Morgan fingerprint density at radius 1 is 1.30 bits per heavy atom. The van der Waals surface area contributed by atoms with Crippen LogP contribution in [0.25, 0.3) is 0 Å². The van der Waals surface area contributed by atoms with Crippen molar-refractivity contribution < 1.29 is 14.7 Å². The van der Waals surface area contributed by atoms with E-state index in [9.17, 15) is 9.59 Å². The monoisotopic (exact) mass is 276 g/mol. The average Bonchev–Trinajstić information content (AvgIpc) is 2.91. The first-order valence-electron chi connectivity index (χ1n) is 6.95. The van der Waals surface area contributed by atoms with Crippen LogP contribution < -0.4 is 10.6 Å². The molecule has 20 heavy (non-hydrogen) atoms. The summed E-state index contributed by atoms with van der Waals surface area (Å²) in [4.78, 5) is 22.6. The number of rotatable bonds is 4. The highest BCUT2D eigenvalue weighted by Crippen LogP contribution is 2.23. The highest BCUT2D eigenvalue weighted by molar-refractivity contribution is 5.92. The largest absolute Gasteiger partial charge is 0.478 e. The van der Waals surface area contributed by atoms with Crippen LogP contribution in [0.15, 0.2) is 18.2 Å². The van der Waals surface area contributed by atoms with Gasteiger partial charge in [0.15, 0.2) is 0 Å². The lowest BCUT2D eigenvalue weighted by Gasteiger charge is -2.13. The van der Waals surface area contributed by atoms with Gasteiger partial charge in [0, 0.05) is 12.2 Å². The van der Waals surface area contributed by atoms with Crippen LogP contribution in [0.3, 0.4) is 0 Å². The Labute approximate surface area is 118 Å². The molecule has 0 bridgehead atoms. The van der Waals surface area contributed by atoms with Gasteiger partial charge < -0.3 is 15.7 Å². The number of aromatic carboxylic acids is 1. The number of carbonyl (C=O) groups is 2. The van der Waals surface area contributed by atoms with E-state index in [-0.39, 0.29) is 11.6 Å². The number of anilines is 1. The Hall–Kier alpha value is -2.04. The van der Waals surface area contributed by atoms with Gasteiger partial charge in [-0.1, -0.05) is 12.8 Å². The Kier molecular flexibility index (Phi) is 4.61. The van der Waals surface area contributed by atoms with Gasteiger partial charge in [0.1, 0.15) is 0 Å². The molecule has 0 radical (unpaired) electrons. The molecular weight excluding hydrogens is 256 g/mol. The Bertz CT molecular complexity index is 508. The van der Waals surface area contributed by atoms with Crippen LogP contribution in [0.1, 0.15) is 41.6 Å². The highest BCUT2D eigenvalue weighted by atomic mass is 16.4. The fourth-order valence-electron chi connectivity index (χ4n) is 2.55. The second kappa shape index (κ2) is 6.41. The van der Waals surface area contributed by atoms with E-state index in [2.05, 4.69) is 10.6 Å². The summed E-state index contributed by atoms with van der Waals surface area (Å²) in [5, 5.41) is 14.5. The van der Waals surface area contributed by atoms with Crippen LogP contribution in [0.2, 0.25) is 0 Å². The SMILES string of the molecule is Cc1cc(C(=O)O)ccc1NC(=O)NCC1CCCC1. The summed E-state index contributed by atoms with van der Waals surface area (Å²) in [6.07, 6.45) is 4.88. The Balaban J connectivity index is 1.88. The summed E-state index contributed by atoms with van der Waals surface area (Å²) in [5.74, 6) is -0.374. The van der Waals surface area contributed by atoms with E-state index in [1.165, 1.54) is 31.7 Å². The van der Waals surface area contributed by atoms with E-state index >= 15 is 0 Å². The average molecular weight is 276 g/mol. The van der Waals surface area contributed by atoms with Gasteiger partial charge in [-0.05, 0) is 49.4 Å². The molecule has 5 nitrogen and oxygen atoms in total. The highest BCUT2D eigenvalue weighted by Gasteiger charge is 2.16. The third kappa shape index (κ3) is 3.73. The number of aryl methyl sites for hydroxylation is 1. The second-order valence-electron chi connectivity index (χ2n) is 5.32. The molecule has 0 aliphatic heterocycles. The third-order valence-corrected chi connectivity index (χ3v) is 3.75. The van der Waals surface area contributed by atoms with E-state index in [0.29, 0.717) is 18.2 Å². The number of hydrogen-bond acceptors (Lipinski definition) is 2. The summed E-state index contributed by atoms with van der Waals surface area (Å²) in [7, 11) is 0. The molecular formula is C15H20N2O3. The zero-order valence-electron chi connectivity index (χ0n) is 11.6. The molecule has 0 saturated heterocycles. The molecule has 108 valence electrons. The maximum Gasteiger partial charge on any atom is 0.335 e. The zero-order valence-corrected chi connectivity index (χ0v) is 11.6. The summed E-state index contributed by atoms with van der Waals surface area (Å²) in [5.41, 5.74) is 1.60. The van der Waals surface area contributed by atoms with Crippen molar-refractivity contribution in [3.8, 4) is 0 Å². The number of carboxylic acids is 1. The predicted octanol–water partition coefficient (Wildman–Crippen LogP) is 3.00. The summed E-state index contributed by atoms with van der Waals surface area (Å²) < 4.78 is 0. The molecule has 2 amide bonds. The van der Waals surface area contributed by atoms with Gasteiger partial charge in [0.2, 0.25) is 0 Å². The number of carboxylic acid groups (broad SMARTS) is 1.